The number of amides is 1. The van der Waals surface area contributed by atoms with Crippen molar-refractivity contribution in [1.29, 1.82) is 0 Å². The Labute approximate surface area is 71.3 Å². The van der Waals surface area contributed by atoms with Gasteiger partial charge in [0.1, 0.15) is 0 Å². The Hall–Kier alpha value is -0.820. The van der Waals surface area contributed by atoms with E-state index in [1.54, 1.807) is 18.7 Å². The van der Waals surface area contributed by atoms with Crippen molar-refractivity contribution in [1.82, 2.24) is 10.3 Å². The van der Waals surface area contributed by atoms with Crippen LogP contribution in [0.2, 0.25) is 0 Å². The molecule has 0 bridgehead atoms. The fourth-order valence-corrected chi connectivity index (χ4v) is 0.647. The Morgan fingerprint density at radius 1 is 1.42 bits per heavy atom. The third kappa shape index (κ3) is 7.29. The molecule has 7 heteroatoms. The maximum atomic E-state index is 10.6. The molecule has 1 amide bonds. The summed E-state index contributed by atoms with van der Waals surface area (Å²) < 4.78 is 25.4. The van der Waals surface area contributed by atoms with Crippen LogP contribution in [0.4, 0.5) is 4.79 Å². The molecule has 0 aromatic rings. The predicted molar refractivity (Wildman–Crippen MR) is 42.7 cm³/mol. The van der Waals surface area contributed by atoms with E-state index < -0.39 is 16.1 Å². The number of hydrazine groups is 1. The molecule has 0 aliphatic carbocycles. The van der Waals surface area contributed by atoms with Crippen LogP contribution in [0, 0.1) is 0 Å². The summed E-state index contributed by atoms with van der Waals surface area (Å²) in [4.78, 5) is 12.4. The maximum Gasteiger partial charge on any atom is 0.422 e. The van der Waals surface area contributed by atoms with E-state index in [0.717, 1.165) is 6.26 Å². The van der Waals surface area contributed by atoms with Crippen LogP contribution in [0.5, 0.6) is 0 Å². The molecule has 0 aliphatic rings. The summed E-state index contributed by atoms with van der Waals surface area (Å²) in [6.45, 7) is 3.31. The van der Waals surface area contributed by atoms with E-state index in [0.29, 0.717) is 0 Å². The zero-order chi connectivity index (χ0) is 9.78. The lowest BCUT2D eigenvalue weighted by atomic mass is 10.5. The fraction of sp³-hybridized carbons (Fsp3) is 0.800. The van der Waals surface area contributed by atoms with Gasteiger partial charge < -0.3 is 4.74 Å². The first kappa shape index (κ1) is 11.2. The molecule has 0 fully saturated rings. The van der Waals surface area contributed by atoms with Gasteiger partial charge in [0, 0.05) is 0 Å². The van der Waals surface area contributed by atoms with Gasteiger partial charge in [0.2, 0.25) is 10.0 Å². The zero-order valence-electron chi connectivity index (χ0n) is 7.12. The lowest BCUT2D eigenvalue weighted by Gasteiger charge is -2.08. The minimum absolute atomic E-state index is 0.286. The topological polar surface area (TPSA) is 84.5 Å². The first-order valence-electron chi connectivity index (χ1n) is 3.24. The SMILES string of the molecule is CC(C)OC(=O)NNS(C)(=O)=O. The van der Waals surface area contributed by atoms with E-state index in [-0.39, 0.29) is 6.10 Å². The number of ether oxygens (including phenoxy) is 1. The van der Waals surface area contributed by atoms with Crippen LogP contribution >= 0.6 is 0 Å². The van der Waals surface area contributed by atoms with E-state index in [1.807, 2.05) is 5.43 Å². The summed E-state index contributed by atoms with van der Waals surface area (Å²) in [5.74, 6) is 0. The van der Waals surface area contributed by atoms with E-state index in [1.165, 1.54) is 0 Å². The number of nitrogens with one attached hydrogen (secondary N) is 2. The van der Waals surface area contributed by atoms with Gasteiger partial charge in [-0.1, -0.05) is 0 Å². The molecule has 0 aromatic carbocycles. The Balaban J connectivity index is 3.73. The lowest BCUT2D eigenvalue weighted by Crippen LogP contribution is -2.41. The molecule has 0 heterocycles. The quantitative estimate of drug-likeness (QED) is 0.601. The minimum atomic E-state index is -3.42. The van der Waals surface area contributed by atoms with Crippen LogP contribution in [0.1, 0.15) is 13.8 Å². The van der Waals surface area contributed by atoms with Crippen LogP contribution in [-0.4, -0.2) is 26.9 Å². The Kier molecular flexibility index (Phi) is 3.98. The first-order valence-corrected chi connectivity index (χ1v) is 5.14. The van der Waals surface area contributed by atoms with Gasteiger partial charge in [0.05, 0.1) is 12.4 Å². The number of rotatable bonds is 3. The minimum Gasteiger partial charge on any atom is -0.446 e. The average Bonchev–Trinajstić information content (AvgIpc) is 1.80. The third-order valence-corrected chi connectivity index (χ3v) is 1.15. The van der Waals surface area contributed by atoms with Crippen LogP contribution < -0.4 is 10.3 Å². The molecule has 6 nitrogen and oxygen atoms in total. The molecule has 0 saturated heterocycles. The zero-order valence-corrected chi connectivity index (χ0v) is 7.94. The van der Waals surface area contributed by atoms with Crippen molar-refractivity contribution in [2.45, 2.75) is 20.0 Å². The second-order valence-electron chi connectivity index (χ2n) is 2.45. The van der Waals surface area contributed by atoms with Crippen molar-refractivity contribution in [3.8, 4) is 0 Å². The summed E-state index contributed by atoms with van der Waals surface area (Å²) in [6, 6.07) is 0. The molecule has 0 radical (unpaired) electrons. The van der Waals surface area contributed by atoms with Crippen molar-refractivity contribution >= 4 is 16.1 Å². The highest BCUT2D eigenvalue weighted by atomic mass is 32.2. The molecule has 0 spiro atoms. The van der Waals surface area contributed by atoms with Gasteiger partial charge in [-0.15, -0.1) is 4.83 Å². The van der Waals surface area contributed by atoms with Gasteiger partial charge in [-0.25, -0.2) is 18.6 Å². The van der Waals surface area contributed by atoms with Gasteiger partial charge in [-0.2, -0.15) is 0 Å². The molecular weight excluding hydrogens is 184 g/mol. The number of carbonyl (C=O) groups excluding carboxylic acids is 1. The normalized spacial score (nSPS) is 11.3. The molecule has 0 rings (SSSR count). The number of hydrogen-bond acceptors (Lipinski definition) is 4. The first-order chi connectivity index (χ1) is 5.31. The molecule has 72 valence electrons. The largest absolute Gasteiger partial charge is 0.446 e. The molecule has 0 saturated carbocycles. The summed E-state index contributed by atoms with van der Waals surface area (Å²) in [5.41, 5.74) is 1.85. The molecule has 12 heavy (non-hydrogen) atoms. The van der Waals surface area contributed by atoms with Crippen LogP contribution in [0.3, 0.4) is 0 Å². The highest BCUT2D eigenvalue weighted by Gasteiger charge is 2.06. The number of carbonyl (C=O) groups is 1. The monoisotopic (exact) mass is 196 g/mol. The molecule has 0 unspecified atom stereocenters. The van der Waals surface area contributed by atoms with Gasteiger partial charge in [-0.05, 0) is 13.8 Å². The summed E-state index contributed by atoms with van der Waals surface area (Å²) in [6.07, 6.45) is -0.190. The highest BCUT2D eigenvalue weighted by Crippen LogP contribution is 1.86. The number of sulfonamides is 1. The van der Waals surface area contributed by atoms with Gasteiger partial charge >= 0.3 is 6.09 Å². The van der Waals surface area contributed by atoms with E-state index in [9.17, 15) is 13.2 Å². The van der Waals surface area contributed by atoms with Crippen molar-refractivity contribution in [2.24, 2.45) is 0 Å². The number of hydrogen-bond donors (Lipinski definition) is 2. The Morgan fingerprint density at radius 2 is 1.92 bits per heavy atom. The maximum absolute atomic E-state index is 10.6. The molecule has 0 aliphatic heterocycles. The molecule has 2 N–H and O–H groups in total. The van der Waals surface area contributed by atoms with Gasteiger partial charge in [-0.3, -0.25) is 0 Å². The van der Waals surface area contributed by atoms with Crippen LogP contribution in [0.25, 0.3) is 0 Å². The van der Waals surface area contributed by atoms with Crippen LogP contribution in [-0.2, 0) is 14.8 Å². The Bertz CT molecular complexity index is 246. The van der Waals surface area contributed by atoms with E-state index in [2.05, 4.69) is 4.74 Å². The van der Waals surface area contributed by atoms with Gasteiger partial charge in [0.15, 0.2) is 0 Å². The fourth-order valence-electron chi connectivity index (χ4n) is 0.378. The molecule has 0 atom stereocenters. The van der Waals surface area contributed by atoms with Crippen molar-refractivity contribution in [3.63, 3.8) is 0 Å². The smallest absolute Gasteiger partial charge is 0.422 e. The summed E-state index contributed by atoms with van der Waals surface area (Å²) >= 11 is 0. The van der Waals surface area contributed by atoms with E-state index >= 15 is 0 Å². The Morgan fingerprint density at radius 3 is 2.25 bits per heavy atom. The van der Waals surface area contributed by atoms with E-state index in [4.69, 9.17) is 0 Å². The second-order valence-corrected chi connectivity index (χ2v) is 4.20. The second kappa shape index (κ2) is 4.27. The molecule has 0 aromatic heterocycles. The predicted octanol–water partition coefficient (Wildman–Crippen LogP) is -0.415. The van der Waals surface area contributed by atoms with Crippen molar-refractivity contribution in [2.75, 3.05) is 6.26 Å². The highest BCUT2D eigenvalue weighted by molar-refractivity contribution is 7.88. The standard InChI is InChI=1S/C5H12N2O4S/c1-4(2)11-5(8)6-7-12(3,9)10/h4,7H,1-3H3,(H,6,8). The van der Waals surface area contributed by atoms with Gasteiger partial charge in [0.25, 0.3) is 0 Å². The third-order valence-electron chi connectivity index (χ3n) is 0.681. The summed E-state index contributed by atoms with van der Waals surface area (Å²) in [7, 11) is -3.42. The van der Waals surface area contributed by atoms with Crippen molar-refractivity contribution in [3.05, 3.63) is 0 Å². The van der Waals surface area contributed by atoms with Crippen molar-refractivity contribution < 1.29 is 17.9 Å². The average molecular weight is 196 g/mol. The molecular formula is C5H12N2O4S. The summed E-state index contributed by atoms with van der Waals surface area (Å²) in [5, 5.41) is 0. The lowest BCUT2D eigenvalue weighted by molar-refractivity contribution is 0.114. The van der Waals surface area contributed by atoms with Crippen LogP contribution in [0.15, 0.2) is 0 Å².